The predicted molar refractivity (Wildman–Crippen MR) is 128 cm³/mol. The second-order valence-corrected chi connectivity index (χ2v) is 10.2. The number of rotatable bonds is 4. The van der Waals surface area contributed by atoms with E-state index in [9.17, 15) is 9.59 Å². The highest BCUT2D eigenvalue weighted by molar-refractivity contribution is 5.86. The van der Waals surface area contributed by atoms with E-state index in [0.717, 1.165) is 37.1 Å². The van der Waals surface area contributed by atoms with E-state index in [1.54, 1.807) is 4.90 Å². The molecule has 0 aromatic carbocycles. The monoisotopic (exact) mass is 469 g/mol. The van der Waals surface area contributed by atoms with Gasteiger partial charge in [0.1, 0.15) is 23.3 Å². The van der Waals surface area contributed by atoms with Gasteiger partial charge in [-0.05, 0) is 66.7 Å². The Morgan fingerprint density at radius 2 is 1.79 bits per heavy atom. The summed E-state index contributed by atoms with van der Waals surface area (Å²) in [6, 6.07) is 3.13. The lowest BCUT2D eigenvalue weighted by Gasteiger charge is -2.38. The molecule has 184 valence electrons. The van der Waals surface area contributed by atoms with Crippen molar-refractivity contribution in [2.75, 3.05) is 18.4 Å². The number of nitrogens with one attached hydrogen (secondary N) is 2. The van der Waals surface area contributed by atoms with Crippen molar-refractivity contribution in [3.63, 3.8) is 0 Å². The first-order valence-corrected chi connectivity index (χ1v) is 12.1. The molecular weight excluding hydrogens is 434 g/mol. The van der Waals surface area contributed by atoms with E-state index in [4.69, 9.17) is 4.74 Å². The second-order valence-electron chi connectivity index (χ2n) is 10.2. The number of aromatic nitrogens is 4. The van der Waals surface area contributed by atoms with E-state index in [2.05, 4.69) is 25.5 Å². The lowest BCUT2D eigenvalue weighted by Crippen LogP contribution is -2.54. The van der Waals surface area contributed by atoms with Crippen molar-refractivity contribution in [1.82, 2.24) is 30.0 Å². The summed E-state index contributed by atoms with van der Waals surface area (Å²) in [6.45, 7) is 10.5. The number of hydrogen-bond acceptors (Lipinski definition) is 7. The molecule has 0 aliphatic carbocycles. The summed E-state index contributed by atoms with van der Waals surface area (Å²) >= 11 is 0. The number of carbonyl (C=O) groups excluding carboxylic acids is 2. The topological polar surface area (TPSA) is 116 Å². The highest BCUT2D eigenvalue weighted by Crippen LogP contribution is 2.34. The van der Waals surface area contributed by atoms with Gasteiger partial charge in [0, 0.05) is 30.9 Å². The zero-order valence-corrected chi connectivity index (χ0v) is 20.7. The number of amides is 2. The van der Waals surface area contributed by atoms with Crippen molar-refractivity contribution in [3.05, 3.63) is 29.3 Å². The molecule has 4 rings (SSSR count). The summed E-state index contributed by atoms with van der Waals surface area (Å²) in [6.07, 6.45) is 3.73. The molecule has 10 heteroatoms. The third-order valence-corrected chi connectivity index (χ3v) is 6.11. The smallest absolute Gasteiger partial charge is 0.410 e. The van der Waals surface area contributed by atoms with Gasteiger partial charge in [-0.2, -0.15) is 5.10 Å². The van der Waals surface area contributed by atoms with E-state index in [0.29, 0.717) is 37.0 Å². The molecule has 2 fully saturated rings. The van der Waals surface area contributed by atoms with E-state index < -0.39 is 17.7 Å². The third kappa shape index (κ3) is 5.48. The Morgan fingerprint density at radius 1 is 1.03 bits per heavy atom. The maximum atomic E-state index is 13.7. The van der Waals surface area contributed by atoms with Crippen LogP contribution in [0.25, 0.3) is 0 Å². The van der Waals surface area contributed by atoms with Gasteiger partial charge in [0.15, 0.2) is 5.82 Å². The van der Waals surface area contributed by atoms with Crippen LogP contribution in [-0.2, 0) is 9.53 Å². The molecule has 0 saturated carbocycles. The summed E-state index contributed by atoms with van der Waals surface area (Å²) in [5, 5.41) is 10.3. The van der Waals surface area contributed by atoms with Gasteiger partial charge in [-0.1, -0.05) is 0 Å². The highest BCUT2D eigenvalue weighted by Gasteiger charge is 2.41. The first-order valence-electron chi connectivity index (χ1n) is 12.1. The molecule has 2 aliphatic rings. The average molecular weight is 470 g/mol. The minimum atomic E-state index is -0.604. The largest absolute Gasteiger partial charge is 0.444 e. The van der Waals surface area contributed by atoms with Crippen LogP contribution in [0.2, 0.25) is 0 Å². The number of piperidine rings is 1. The van der Waals surface area contributed by atoms with Crippen LogP contribution in [0.5, 0.6) is 0 Å². The summed E-state index contributed by atoms with van der Waals surface area (Å²) in [7, 11) is 0. The molecule has 2 saturated heterocycles. The van der Waals surface area contributed by atoms with Crippen molar-refractivity contribution < 1.29 is 14.3 Å². The number of hydrogen-bond donors (Lipinski definition) is 2. The standard InChI is InChI=1S/C24H35N7O3/c1-15-13-21(29-28-15)27-20-14-17(25-16(2)26-20)18-10-8-12-30(18)22(32)19-9-6-7-11-31(19)23(33)34-24(3,4)5/h13-14,18-19H,6-12H2,1-5H3,(H2,25,26,27,28,29)/t18-,19-/m0/s1. The van der Waals surface area contributed by atoms with Gasteiger partial charge in [0.25, 0.3) is 0 Å². The summed E-state index contributed by atoms with van der Waals surface area (Å²) in [5.74, 6) is 1.92. The van der Waals surface area contributed by atoms with Gasteiger partial charge >= 0.3 is 6.09 Å². The Labute approximate surface area is 200 Å². The Kier molecular flexibility index (Phi) is 6.77. The third-order valence-electron chi connectivity index (χ3n) is 6.11. The number of ether oxygens (including phenoxy) is 1. The summed E-state index contributed by atoms with van der Waals surface area (Å²) in [4.78, 5) is 39.2. The van der Waals surface area contributed by atoms with Crippen molar-refractivity contribution in [3.8, 4) is 0 Å². The van der Waals surface area contributed by atoms with Crippen LogP contribution in [0.15, 0.2) is 12.1 Å². The van der Waals surface area contributed by atoms with Gasteiger partial charge in [-0.3, -0.25) is 14.8 Å². The molecule has 2 N–H and O–H groups in total. The number of H-pyrrole nitrogens is 1. The van der Waals surface area contributed by atoms with Crippen LogP contribution in [0.3, 0.4) is 0 Å². The second kappa shape index (κ2) is 9.60. The molecule has 4 heterocycles. The van der Waals surface area contributed by atoms with Crippen molar-refractivity contribution in [2.45, 2.75) is 84.4 Å². The van der Waals surface area contributed by atoms with E-state index >= 15 is 0 Å². The molecule has 0 bridgehead atoms. The highest BCUT2D eigenvalue weighted by atomic mass is 16.6. The maximum Gasteiger partial charge on any atom is 0.410 e. The Bertz CT molecular complexity index is 1050. The lowest BCUT2D eigenvalue weighted by molar-refractivity contribution is -0.139. The van der Waals surface area contributed by atoms with Gasteiger partial charge in [-0.25, -0.2) is 14.8 Å². The maximum absolute atomic E-state index is 13.7. The van der Waals surface area contributed by atoms with E-state index in [-0.39, 0.29) is 11.9 Å². The summed E-state index contributed by atoms with van der Waals surface area (Å²) < 4.78 is 5.60. The minimum absolute atomic E-state index is 0.0261. The summed E-state index contributed by atoms with van der Waals surface area (Å²) in [5.41, 5.74) is 1.14. The first kappa shape index (κ1) is 24.0. The molecule has 0 unspecified atom stereocenters. The van der Waals surface area contributed by atoms with Gasteiger partial charge in [0.05, 0.1) is 11.7 Å². The van der Waals surface area contributed by atoms with Crippen molar-refractivity contribution in [1.29, 1.82) is 0 Å². The van der Waals surface area contributed by atoms with Crippen LogP contribution in [-0.4, -0.2) is 66.7 Å². The lowest BCUT2D eigenvalue weighted by atomic mass is 10.0. The van der Waals surface area contributed by atoms with E-state index in [1.165, 1.54) is 0 Å². The molecule has 2 amide bonds. The molecule has 0 radical (unpaired) electrons. The van der Waals surface area contributed by atoms with Gasteiger partial charge < -0.3 is 15.0 Å². The van der Waals surface area contributed by atoms with Crippen LogP contribution >= 0.6 is 0 Å². The fourth-order valence-corrected chi connectivity index (χ4v) is 4.70. The average Bonchev–Trinajstić information content (AvgIpc) is 3.41. The predicted octanol–water partition coefficient (Wildman–Crippen LogP) is 4.01. The number of anilines is 2. The quantitative estimate of drug-likeness (QED) is 0.695. The van der Waals surface area contributed by atoms with Gasteiger partial charge in [0.2, 0.25) is 5.91 Å². The Balaban J connectivity index is 1.54. The Hall–Kier alpha value is -3.17. The molecule has 2 aliphatic heterocycles. The number of carbonyl (C=O) groups is 2. The molecule has 2 aromatic heterocycles. The van der Waals surface area contributed by atoms with Crippen molar-refractivity contribution in [2.24, 2.45) is 0 Å². The molecule has 10 nitrogen and oxygen atoms in total. The number of nitrogens with zero attached hydrogens (tertiary/aromatic N) is 5. The normalized spacial score (nSPS) is 21.0. The Morgan fingerprint density at radius 3 is 2.50 bits per heavy atom. The molecule has 2 atom stereocenters. The fourth-order valence-electron chi connectivity index (χ4n) is 4.70. The van der Waals surface area contributed by atoms with Crippen molar-refractivity contribution >= 4 is 23.6 Å². The number of aryl methyl sites for hydroxylation is 2. The molecule has 2 aromatic rings. The van der Waals surface area contributed by atoms with Crippen LogP contribution in [0.1, 0.15) is 76.1 Å². The molecule has 34 heavy (non-hydrogen) atoms. The number of aromatic amines is 1. The molecule has 0 spiro atoms. The zero-order valence-electron chi connectivity index (χ0n) is 20.7. The molecular formula is C24H35N7O3. The number of likely N-dealkylation sites (tertiary alicyclic amines) is 2. The van der Waals surface area contributed by atoms with Crippen LogP contribution in [0, 0.1) is 13.8 Å². The minimum Gasteiger partial charge on any atom is -0.444 e. The fraction of sp³-hybridized carbons (Fsp3) is 0.625. The first-order chi connectivity index (χ1) is 16.1. The van der Waals surface area contributed by atoms with Gasteiger partial charge in [-0.15, -0.1) is 0 Å². The van der Waals surface area contributed by atoms with E-state index in [1.807, 2.05) is 51.7 Å². The van der Waals surface area contributed by atoms with Crippen LogP contribution in [0.4, 0.5) is 16.4 Å². The van der Waals surface area contributed by atoms with Crippen LogP contribution < -0.4 is 5.32 Å². The zero-order chi connectivity index (χ0) is 24.5. The SMILES string of the molecule is Cc1nc(Nc2cc(C)[nH]n2)cc([C@@H]2CCCN2C(=O)[C@@H]2CCCCN2C(=O)OC(C)(C)C)n1.